The van der Waals surface area contributed by atoms with E-state index in [-0.39, 0.29) is 17.5 Å². The minimum Gasteiger partial charge on any atom is -0.466 e. The molecule has 0 atom stereocenters. The Kier molecular flexibility index (Phi) is 4.56. The van der Waals surface area contributed by atoms with E-state index >= 15 is 0 Å². The highest BCUT2D eigenvalue weighted by Gasteiger charge is 2.29. The van der Waals surface area contributed by atoms with E-state index in [0.29, 0.717) is 32.5 Å². The normalized spacial score (nSPS) is 15.8. The lowest BCUT2D eigenvalue weighted by atomic mass is 9.96. The third kappa shape index (κ3) is 3.39. The highest BCUT2D eigenvalue weighted by Crippen LogP contribution is 2.19. The van der Waals surface area contributed by atoms with Gasteiger partial charge in [0, 0.05) is 19.3 Å². The number of piperidine rings is 1. The van der Waals surface area contributed by atoms with E-state index in [0.717, 1.165) is 6.20 Å². The molecule has 21 heavy (non-hydrogen) atoms. The van der Waals surface area contributed by atoms with Crippen molar-refractivity contribution in [2.45, 2.75) is 19.8 Å². The smallest absolute Gasteiger partial charge is 0.325 e. The monoisotopic (exact) mass is 295 g/mol. The van der Waals surface area contributed by atoms with E-state index in [1.807, 2.05) is 4.98 Å². The number of carbonyl (C=O) groups excluding carboxylic acids is 2. The van der Waals surface area contributed by atoms with Crippen molar-refractivity contribution in [3.05, 3.63) is 32.6 Å². The maximum atomic E-state index is 12.2. The number of aromatic amines is 2. The lowest BCUT2D eigenvalue weighted by Crippen LogP contribution is -2.43. The molecule has 1 aliphatic heterocycles. The van der Waals surface area contributed by atoms with Crippen molar-refractivity contribution in [2.75, 3.05) is 19.7 Å². The predicted octanol–water partition coefficient (Wildman–Crippen LogP) is -0.521. The summed E-state index contributed by atoms with van der Waals surface area (Å²) in [6, 6.07) is 0. The number of likely N-dealkylation sites (tertiary alicyclic amines) is 1. The molecule has 0 radical (unpaired) electrons. The molecule has 114 valence electrons. The summed E-state index contributed by atoms with van der Waals surface area (Å²) in [5, 5.41) is 0. The van der Waals surface area contributed by atoms with E-state index in [4.69, 9.17) is 4.74 Å². The molecular weight excluding hydrogens is 278 g/mol. The second kappa shape index (κ2) is 6.38. The third-order valence-electron chi connectivity index (χ3n) is 3.45. The summed E-state index contributed by atoms with van der Waals surface area (Å²) in [5.74, 6) is -0.899. The summed E-state index contributed by atoms with van der Waals surface area (Å²) in [6.07, 6.45) is 2.12. The molecule has 0 unspecified atom stereocenters. The summed E-state index contributed by atoms with van der Waals surface area (Å²) in [6.45, 7) is 2.84. The summed E-state index contributed by atoms with van der Waals surface area (Å²) in [5.41, 5.74) is -1.47. The van der Waals surface area contributed by atoms with Crippen molar-refractivity contribution in [3.8, 4) is 0 Å². The molecule has 2 heterocycles. The number of amides is 1. The van der Waals surface area contributed by atoms with E-state index in [1.165, 1.54) is 4.90 Å². The number of nitrogens with one attached hydrogen (secondary N) is 2. The van der Waals surface area contributed by atoms with Crippen LogP contribution in [0.25, 0.3) is 0 Å². The molecule has 0 spiro atoms. The maximum absolute atomic E-state index is 12.2. The van der Waals surface area contributed by atoms with Crippen LogP contribution in [0.4, 0.5) is 0 Å². The Bertz CT molecular complexity index is 640. The summed E-state index contributed by atoms with van der Waals surface area (Å²) in [7, 11) is 0. The number of esters is 1. The number of aromatic nitrogens is 2. The first kappa shape index (κ1) is 15.0. The average Bonchev–Trinajstić information content (AvgIpc) is 2.47. The molecule has 1 saturated heterocycles. The van der Waals surface area contributed by atoms with Crippen LogP contribution < -0.4 is 11.2 Å². The molecule has 0 aliphatic carbocycles. The van der Waals surface area contributed by atoms with Gasteiger partial charge in [-0.15, -0.1) is 0 Å². The van der Waals surface area contributed by atoms with E-state index in [2.05, 4.69) is 4.98 Å². The summed E-state index contributed by atoms with van der Waals surface area (Å²) < 4.78 is 4.96. The minimum absolute atomic E-state index is 0.107. The molecule has 1 aromatic heterocycles. The van der Waals surface area contributed by atoms with E-state index in [1.54, 1.807) is 6.92 Å². The molecule has 1 aromatic rings. The van der Waals surface area contributed by atoms with Crippen LogP contribution >= 0.6 is 0 Å². The van der Waals surface area contributed by atoms with Gasteiger partial charge < -0.3 is 14.6 Å². The lowest BCUT2D eigenvalue weighted by molar-refractivity contribution is -0.149. The fourth-order valence-corrected chi connectivity index (χ4v) is 2.32. The Hall–Kier alpha value is -2.38. The number of ether oxygens (including phenoxy) is 1. The highest BCUT2D eigenvalue weighted by molar-refractivity contribution is 5.93. The Morgan fingerprint density at radius 3 is 2.57 bits per heavy atom. The molecule has 2 rings (SSSR count). The van der Waals surface area contributed by atoms with Crippen LogP contribution in [0.1, 0.15) is 30.1 Å². The van der Waals surface area contributed by atoms with Gasteiger partial charge in [-0.05, 0) is 19.8 Å². The van der Waals surface area contributed by atoms with Gasteiger partial charge in [0.2, 0.25) is 0 Å². The van der Waals surface area contributed by atoms with E-state index in [9.17, 15) is 19.2 Å². The largest absolute Gasteiger partial charge is 0.466 e. The minimum atomic E-state index is -0.712. The van der Waals surface area contributed by atoms with Crippen LogP contribution in [0.15, 0.2) is 15.8 Å². The molecule has 1 fully saturated rings. The Balaban J connectivity index is 2.02. The average molecular weight is 295 g/mol. The van der Waals surface area contributed by atoms with Gasteiger partial charge in [-0.1, -0.05) is 0 Å². The number of hydrogen-bond donors (Lipinski definition) is 2. The predicted molar refractivity (Wildman–Crippen MR) is 72.9 cm³/mol. The number of H-pyrrole nitrogens is 2. The maximum Gasteiger partial charge on any atom is 0.325 e. The molecule has 0 aromatic carbocycles. The Morgan fingerprint density at radius 2 is 2.00 bits per heavy atom. The molecular formula is C13H17N3O5. The van der Waals surface area contributed by atoms with E-state index < -0.39 is 17.2 Å². The first-order valence-corrected chi connectivity index (χ1v) is 6.80. The van der Waals surface area contributed by atoms with Crippen LogP contribution in [0, 0.1) is 5.92 Å². The first-order valence-electron chi connectivity index (χ1n) is 6.80. The topological polar surface area (TPSA) is 112 Å². The Labute approximate surface area is 120 Å². The highest BCUT2D eigenvalue weighted by atomic mass is 16.5. The standard InChI is InChI=1S/C13H17N3O5/c1-2-21-12(19)8-3-5-16(6-4-8)11(18)9-7-14-13(20)15-10(9)17/h7-8H,2-6H2,1H3,(H2,14,15,17,20). The fourth-order valence-electron chi connectivity index (χ4n) is 2.32. The van der Waals surface area contributed by atoms with Gasteiger partial charge in [0.25, 0.3) is 11.5 Å². The van der Waals surface area contributed by atoms with Crippen molar-refractivity contribution in [3.63, 3.8) is 0 Å². The zero-order valence-electron chi connectivity index (χ0n) is 11.7. The molecule has 8 heteroatoms. The van der Waals surface area contributed by atoms with Crippen LogP contribution in [0.3, 0.4) is 0 Å². The van der Waals surface area contributed by atoms with Crippen molar-refractivity contribution < 1.29 is 14.3 Å². The molecule has 8 nitrogen and oxygen atoms in total. The van der Waals surface area contributed by atoms with Gasteiger partial charge in [0.1, 0.15) is 5.56 Å². The van der Waals surface area contributed by atoms with Gasteiger partial charge in [-0.2, -0.15) is 0 Å². The van der Waals surface area contributed by atoms with Gasteiger partial charge in [0.05, 0.1) is 12.5 Å². The van der Waals surface area contributed by atoms with Crippen LogP contribution in [0.2, 0.25) is 0 Å². The van der Waals surface area contributed by atoms with Gasteiger partial charge >= 0.3 is 11.7 Å². The van der Waals surface area contributed by atoms with Gasteiger partial charge in [0.15, 0.2) is 0 Å². The molecule has 0 saturated carbocycles. The molecule has 0 bridgehead atoms. The van der Waals surface area contributed by atoms with Crippen LogP contribution in [-0.2, 0) is 9.53 Å². The number of carbonyl (C=O) groups is 2. The van der Waals surface area contributed by atoms with Crippen molar-refractivity contribution in [2.24, 2.45) is 5.92 Å². The third-order valence-corrected chi connectivity index (χ3v) is 3.45. The Morgan fingerprint density at radius 1 is 1.33 bits per heavy atom. The van der Waals surface area contributed by atoms with Crippen LogP contribution in [0.5, 0.6) is 0 Å². The first-order chi connectivity index (χ1) is 10.0. The fraction of sp³-hybridized carbons (Fsp3) is 0.538. The van der Waals surface area contributed by atoms with Crippen molar-refractivity contribution in [1.82, 2.24) is 14.9 Å². The second-order valence-electron chi connectivity index (χ2n) is 4.80. The molecule has 2 N–H and O–H groups in total. The summed E-state index contributed by atoms with van der Waals surface area (Å²) in [4.78, 5) is 52.1. The SMILES string of the molecule is CCOC(=O)C1CCN(C(=O)c2c[nH]c(=O)[nH]c2=O)CC1. The number of rotatable bonds is 3. The zero-order valence-corrected chi connectivity index (χ0v) is 11.7. The summed E-state index contributed by atoms with van der Waals surface area (Å²) >= 11 is 0. The van der Waals surface area contributed by atoms with Crippen molar-refractivity contribution in [1.29, 1.82) is 0 Å². The van der Waals surface area contributed by atoms with Crippen molar-refractivity contribution >= 4 is 11.9 Å². The quantitative estimate of drug-likeness (QED) is 0.729. The van der Waals surface area contributed by atoms with Gasteiger partial charge in [-0.25, -0.2) is 4.79 Å². The lowest BCUT2D eigenvalue weighted by Gasteiger charge is -2.30. The second-order valence-corrected chi connectivity index (χ2v) is 4.80. The van der Waals surface area contributed by atoms with Gasteiger partial charge in [-0.3, -0.25) is 19.4 Å². The zero-order chi connectivity index (χ0) is 15.4. The molecule has 1 amide bonds. The molecule has 1 aliphatic rings. The number of hydrogen-bond acceptors (Lipinski definition) is 5. The number of nitrogens with zero attached hydrogens (tertiary/aromatic N) is 1. The van der Waals surface area contributed by atoms with Crippen LogP contribution in [-0.4, -0.2) is 46.4 Å².